The highest BCUT2D eigenvalue weighted by atomic mass is 79.9. The van der Waals surface area contributed by atoms with Crippen LogP contribution in [-0.2, 0) is 11.3 Å². The van der Waals surface area contributed by atoms with Crippen molar-refractivity contribution in [2.24, 2.45) is 0 Å². The van der Waals surface area contributed by atoms with Crippen molar-refractivity contribution < 1.29 is 4.74 Å². The van der Waals surface area contributed by atoms with Gasteiger partial charge < -0.3 is 10.1 Å². The summed E-state index contributed by atoms with van der Waals surface area (Å²) in [6.45, 7) is 3.48. The zero-order valence-electron chi connectivity index (χ0n) is 8.33. The zero-order chi connectivity index (χ0) is 10.4. The van der Waals surface area contributed by atoms with Gasteiger partial charge in [0.2, 0.25) is 0 Å². The highest BCUT2D eigenvalue weighted by molar-refractivity contribution is 9.10. The van der Waals surface area contributed by atoms with Crippen molar-refractivity contribution >= 4 is 15.9 Å². The van der Waals surface area contributed by atoms with Crippen LogP contribution in [0.25, 0.3) is 0 Å². The molecule has 4 nitrogen and oxygen atoms in total. The average Bonchev–Trinajstić information content (AvgIpc) is 2.17. The van der Waals surface area contributed by atoms with Gasteiger partial charge in [0.15, 0.2) is 0 Å². The summed E-state index contributed by atoms with van der Waals surface area (Å²) in [6.07, 6.45) is 0. The van der Waals surface area contributed by atoms with Crippen molar-refractivity contribution in [2.45, 2.75) is 19.5 Å². The molecule has 0 radical (unpaired) electrons. The zero-order valence-corrected chi connectivity index (χ0v) is 9.91. The number of nitrogens with one attached hydrogen (secondary N) is 1. The Labute approximate surface area is 92.2 Å². The Hall–Kier alpha value is -0.520. The minimum Gasteiger partial charge on any atom is -0.383 e. The highest BCUT2D eigenvalue weighted by Crippen LogP contribution is 2.03. The van der Waals surface area contributed by atoms with Gasteiger partial charge in [-0.05, 0) is 35.0 Å². The third kappa shape index (κ3) is 4.13. The molecule has 1 atom stereocenters. The topological polar surface area (TPSA) is 47.0 Å². The molecule has 1 aromatic rings. The first-order valence-electron chi connectivity index (χ1n) is 4.43. The van der Waals surface area contributed by atoms with Crippen LogP contribution in [0.2, 0.25) is 0 Å². The monoisotopic (exact) mass is 259 g/mol. The lowest BCUT2D eigenvalue weighted by Gasteiger charge is -2.11. The molecule has 0 saturated heterocycles. The Bertz CT molecular complexity index is 265. The molecule has 0 aliphatic heterocycles. The minimum atomic E-state index is 0.324. The van der Waals surface area contributed by atoms with Crippen LogP contribution < -0.4 is 5.32 Å². The first-order valence-corrected chi connectivity index (χ1v) is 5.22. The predicted octanol–water partition coefficient (Wildman–Crippen LogP) is 1.36. The number of hydrogen-bond acceptors (Lipinski definition) is 4. The number of hydrogen-bond donors (Lipinski definition) is 1. The molecule has 5 heteroatoms. The fourth-order valence-corrected chi connectivity index (χ4v) is 1.24. The molecule has 0 spiro atoms. The summed E-state index contributed by atoms with van der Waals surface area (Å²) in [7, 11) is 1.69. The smallest absolute Gasteiger partial charge is 0.128 e. The van der Waals surface area contributed by atoms with E-state index in [9.17, 15) is 0 Å². The second-order valence-electron chi connectivity index (χ2n) is 3.08. The van der Waals surface area contributed by atoms with Gasteiger partial charge >= 0.3 is 0 Å². The van der Waals surface area contributed by atoms with Gasteiger partial charge in [0.1, 0.15) is 4.60 Å². The molecule has 0 amide bonds. The molecule has 0 saturated carbocycles. The lowest BCUT2D eigenvalue weighted by molar-refractivity contribution is 0.171. The molecule has 0 bridgehead atoms. The Kier molecular flexibility index (Phi) is 5.00. The summed E-state index contributed by atoms with van der Waals surface area (Å²) >= 11 is 3.24. The number of methoxy groups -OCH3 is 1. The Morgan fingerprint density at radius 1 is 1.50 bits per heavy atom. The molecule has 1 heterocycles. The highest BCUT2D eigenvalue weighted by Gasteiger charge is 2.01. The van der Waals surface area contributed by atoms with Gasteiger partial charge in [-0.3, -0.25) is 0 Å². The maximum Gasteiger partial charge on any atom is 0.128 e. The molecule has 1 aromatic heterocycles. The molecule has 0 aliphatic carbocycles. The number of rotatable bonds is 5. The average molecular weight is 260 g/mol. The molecular weight excluding hydrogens is 246 g/mol. The van der Waals surface area contributed by atoms with E-state index < -0.39 is 0 Å². The van der Waals surface area contributed by atoms with Crippen LogP contribution in [0.3, 0.4) is 0 Å². The summed E-state index contributed by atoms with van der Waals surface area (Å²) in [4.78, 5) is 0. The predicted molar refractivity (Wildman–Crippen MR) is 57.9 cm³/mol. The third-order valence-electron chi connectivity index (χ3n) is 1.74. The Balaban J connectivity index is 2.34. The van der Waals surface area contributed by atoms with Gasteiger partial charge in [0, 0.05) is 19.7 Å². The summed E-state index contributed by atoms with van der Waals surface area (Å²) in [5.74, 6) is 0. The Morgan fingerprint density at radius 2 is 2.29 bits per heavy atom. The van der Waals surface area contributed by atoms with Gasteiger partial charge in [-0.15, -0.1) is 5.10 Å². The van der Waals surface area contributed by atoms with Gasteiger partial charge in [-0.1, -0.05) is 0 Å². The molecule has 0 fully saturated rings. The normalized spacial score (nSPS) is 12.8. The second kappa shape index (κ2) is 6.06. The van der Waals surface area contributed by atoms with Gasteiger partial charge in [-0.25, -0.2) is 0 Å². The van der Waals surface area contributed by atoms with Crippen molar-refractivity contribution in [1.82, 2.24) is 15.5 Å². The summed E-state index contributed by atoms with van der Waals surface area (Å²) in [5.41, 5.74) is 0.927. The molecule has 78 valence electrons. The van der Waals surface area contributed by atoms with E-state index in [-0.39, 0.29) is 0 Å². The number of nitrogens with zero attached hydrogens (tertiary/aromatic N) is 2. The summed E-state index contributed by atoms with van der Waals surface area (Å²) in [6, 6.07) is 4.14. The first kappa shape index (κ1) is 11.6. The maximum atomic E-state index is 5.01. The molecule has 0 aliphatic rings. The van der Waals surface area contributed by atoms with Crippen molar-refractivity contribution in [1.29, 1.82) is 0 Å². The maximum absolute atomic E-state index is 5.01. The van der Waals surface area contributed by atoms with Crippen LogP contribution in [0.5, 0.6) is 0 Å². The van der Waals surface area contributed by atoms with Crippen LogP contribution in [0.15, 0.2) is 16.7 Å². The fourth-order valence-electron chi connectivity index (χ4n) is 1.03. The van der Waals surface area contributed by atoms with E-state index in [1.54, 1.807) is 7.11 Å². The largest absolute Gasteiger partial charge is 0.383 e. The standard InChI is InChI=1S/C9H14BrN3O/c1-7(6-14-2)11-5-8-3-4-9(10)13-12-8/h3-4,7,11H,5-6H2,1-2H3. The van der Waals surface area contributed by atoms with E-state index in [2.05, 4.69) is 38.4 Å². The summed E-state index contributed by atoms with van der Waals surface area (Å²) in [5, 5.41) is 11.2. The Morgan fingerprint density at radius 3 is 2.86 bits per heavy atom. The van der Waals surface area contributed by atoms with Crippen molar-refractivity contribution in [3.05, 3.63) is 22.4 Å². The third-order valence-corrected chi connectivity index (χ3v) is 2.16. The molecular formula is C9H14BrN3O. The first-order chi connectivity index (χ1) is 6.72. The molecule has 14 heavy (non-hydrogen) atoms. The number of ether oxygens (including phenoxy) is 1. The molecule has 1 unspecified atom stereocenters. The number of halogens is 1. The van der Waals surface area contributed by atoms with Crippen LogP contribution in [0, 0.1) is 0 Å². The van der Waals surface area contributed by atoms with E-state index in [0.29, 0.717) is 19.2 Å². The van der Waals surface area contributed by atoms with Gasteiger partial charge in [0.05, 0.1) is 12.3 Å². The van der Waals surface area contributed by atoms with Crippen molar-refractivity contribution in [2.75, 3.05) is 13.7 Å². The fraction of sp³-hybridized carbons (Fsp3) is 0.556. The van der Waals surface area contributed by atoms with Gasteiger partial charge in [-0.2, -0.15) is 5.10 Å². The molecule has 1 rings (SSSR count). The number of aromatic nitrogens is 2. The van der Waals surface area contributed by atoms with Crippen LogP contribution in [-0.4, -0.2) is 30.0 Å². The minimum absolute atomic E-state index is 0.324. The molecule has 1 N–H and O–H groups in total. The van der Waals surface area contributed by atoms with Crippen LogP contribution >= 0.6 is 15.9 Å². The van der Waals surface area contributed by atoms with Crippen LogP contribution in [0.1, 0.15) is 12.6 Å². The SMILES string of the molecule is COCC(C)NCc1ccc(Br)nn1. The van der Waals surface area contributed by atoms with Gasteiger partial charge in [0.25, 0.3) is 0 Å². The molecule has 0 aromatic carbocycles. The summed E-state index contributed by atoms with van der Waals surface area (Å²) < 4.78 is 5.76. The lowest BCUT2D eigenvalue weighted by Crippen LogP contribution is -2.29. The van der Waals surface area contributed by atoms with E-state index >= 15 is 0 Å². The van der Waals surface area contributed by atoms with E-state index in [1.807, 2.05) is 12.1 Å². The lowest BCUT2D eigenvalue weighted by atomic mass is 10.3. The van der Waals surface area contributed by atoms with E-state index in [4.69, 9.17) is 4.74 Å². The van der Waals surface area contributed by atoms with E-state index in [0.717, 1.165) is 10.3 Å². The van der Waals surface area contributed by atoms with Crippen molar-refractivity contribution in [3.8, 4) is 0 Å². The second-order valence-corrected chi connectivity index (χ2v) is 3.90. The van der Waals surface area contributed by atoms with Crippen LogP contribution in [0.4, 0.5) is 0 Å². The quantitative estimate of drug-likeness (QED) is 0.868. The van der Waals surface area contributed by atoms with E-state index in [1.165, 1.54) is 0 Å². The van der Waals surface area contributed by atoms with Crippen molar-refractivity contribution in [3.63, 3.8) is 0 Å².